The molecule has 1 N–H and O–H groups in total. The summed E-state index contributed by atoms with van der Waals surface area (Å²) in [5, 5.41) is 4.28. The second-order valence-electron chi connectivity index (χ2n) is 6.26. The Balaban J connectivity index is 1.52. The van der Waals surface area contributed by atoms with Crippen LogP contribution in [0.3, 0.4) is 0 Å². The highest BCUT2D eigenvalue weighted by Gasteiger charge is 2.19. The highest BCUT2D eigenvalue weighted by molar-refractivity contribution is 7.80. The fourth-order valence-corrected chi connectivity index (χ4v) is 3.41. The minimum atomic E-state index is -0.372. The maximum absolute atomic E-state index is 13.3. The summed E-state index contributed by atoms with van der Waals surface area (Å²) in [5.74, 6) is -0.372. The molecule has 0 atom stereocenters. The van der Waals surface area contributed by atoms with Crippen molar-refractivity contribution < 1.29 is 4.39 Å². The second kappa shape index (κ2) is 8.13. The van der Waals surface area contributed by atoms with Crippen molar-refractivity contribution in [3.05, 3.63) is 64.4 Å². The molecule has 0 saturated carbocycles. The maximum Gasteiger partial charge on any atom is 0.173 e. The summed E-state index contributed by atoms with van der Waals surface area (Å²) in [5.41, 5.74) is 3.26. The molecule has 0 spiro atoms. The molecule has 3 nitrogen and oxygen atoms in total. The number of hydrogen-bond acceptors (Lipinski definition) is 2. The SMILES string of the molecule is Cc1ccccc1NC(=S)N1CCN(Cc2ccc(F)c(Cl)c2)CC1. The summed E-state index contributed by atoms with van der Waals surface area (Å²) in [4.78, 5) is 4.52. The van der Waals surface area contributed by atoms with E-state index in [2.05, 4.69) is 28.1 Å². The number of para-hydroxylation sites is 1. The molecule has 0 amide bonds. The maximum atomic E-state index is 13.3. The van der Waals surface area contributed by atoms with E-state index in [1.165, 1.54) is 11.6 Å². The number of aryl methyl sites for hydroxylation is 1. The van der Waals surface area contributed by atoms with E-state index < -0.39 is 0 Å². The lowest BCUT2D eigenvalue weighted by atomic mass is 10.2. The van der Waals surface area contributed by atoms with E-state index in [-0.39, 0.29) is 10.8 Å². The summed E-state index contributed by atoms with van der Waals surface area (Å²) in [6.45, 7) is 6.39. The third-order valence-corrected chi connectivity index (χ3v) is 5.09. The lowest BCUT2D eigenvalue weighted by molar-refractivity contribution is 0.177. The zero-order chi connectivity index (χ0) is 17.8. The van der Waals surface area contributed by atoms with Crippen molar-refractivity contribution in [3.8, 4) is 0 Å². The van der Waals surface area contributed by atoms with Crippen LogP contribution in [0.5, 0.6) is 0 Å². The molecule has 0 aliphatic carbocycles. The highest BCUT2D eigenvalue weighted by atomic mass is 35.5. The number of nitrogens with one attached hydrogen (secondary N) is 1. The Kier molecular flexibility index (Phi) is 5.89. The first-order chi connectivity index (χ1) is 12.0. The van der Waals surface area contributed by atoms with Crippen LogP contribution in [0.1, 0.15) is 11.1 Å². The van der Waals surface area contributed by atoms with Gasteiger partial charge in [0.2, 0.25) is 0 Å². The summed E-state index contributed by atoms with van der Waals surface area (Å²) in [6.07, 6.45) is 0. The average molecular weight is 378 g/mol. The lowest BCUT2D eigenvalue weighted by Crippen LogP contribution is -2.49. The van der Waals surface area contributed by atoms with Gasteiger partial charge in [0.15, 0.2) is 5.11 Å². The molecule has 0 unspecified atom stereocenters. The van der Waals surface area contributed by atoms with Crippen molar-refractivity contribution >= 4 is 34.6 Å². The minimum absolute atomic E-state index is 0.180. The first kappa shape index (κ1) is 18.1. The minimum Gasteiger partial charge on any atom is -0.346 e. The van der Waals surface area contributed by atoms with E-state index in [4.69, 9.17) is 23.8 Å². The normalized spacial score (nSPS) is 15.2. The molecular formula is C19H21ClFN3S. The Morgan fingerprint density at radius 2 is 1.88 bits per heavy atom. The molecule has 1 aliphatic heterocycles. The first-order valence-electron chi connectivity index (χ1n) is 8.31. The highest BCUT2D eigenvalue weighted by Crippen LogP contribution is 2.18. The number of anilines is 1. The smallest absolute Gasteiger partial charge is 0.173 e. The Hall–Kier alpha value is -1.69. The van der Waals surface area contributed by atoms with Gasteiger partial charge in [0, 0.05) is 38.4 Å². The number of benzene rings is 2. The Labute approximate surface area is 158 Å². The zero-order valence-corrected chi connectivity index (χ0v) is 15.7. The van der Waals surface area contributed by atoms with Gasteiger partial charge in [0.05, 0.1) is 5.02 Å². The molecule has 6 heteroatoms. The van der Waals surface area contributed by atoms with Crippen LogP contribution in [0.25, 0.3) is 0 Å². The molecule has 132 valence electrons. The second-order valence-corrected chi connectivity index (χ2v) is 7.05. The zero-order valence-electron chi connectivity index (χ0n) is 14.1. The Bertz CT molecular complexity index is 760. The number of hydrogen-bond donors (Lipinski definition) is 1. The average Bonchev–Trinajstić information content (AvgIpc) is 2.61. The van der Waals surface area contributed by atoms with Crippen molar-refractivity contribution in [2.24, 2.45) is 0 Å². The fraction of sp³-hybridized carbons (Fsp3) is 0.316. The van der Waals surface area contributed by atoms with E-state index in [0.29, 0.717) is 0 Å². The van der Waals surface area contributed by atoms with Crippen LogP contribution in [0.15, 0.2) is 42.5 Å². The van der Waals surface area contributed by atoms with Crippen LogP contribution in [0.2, 0.25) is 5.02 Å². The van der Waals surface area contributed by atoms with E-state index >= 15 is 0 Å². The number of piperazine rings is 1. The summed E-state index contributed by atoms with van der Waals surface area (Å²) in [6, 6.07) is 13.0. The van der Waals surface area contributed by atoms with Gasteiger partial charge in [-0.05, 0) is 48.5 Å². The van der Waals surface area contributed by atoms with Crippen molar-refractivity contribution in [1.29, 1.82) is 0 Å². The van der Waals surface area contributed by atoms with Crippen LogP contribution >= 0.6 is 23.8 Å². The largest absolute Gasteiger partial charge is 0.346 e. The van der Waals surface area contributed by atoms with Gasteiger partial charge in [-0.1, -0.05) is 35.9 Å². The van der Waals surface area contributed by atoms with Crippen LogP contribution in [-0.2, 0) is 6.54 Å². The van der Waals surface area contributed by atoms with E-state index in [1.54, 1.807) is 12.1 Å². The molecule has 1 fully saturated rings. The summed E-state index contributed by atoms with van der Waals surface area (Å²) >= 11 is 11.4. The van der Waals surface area contributed by atoms with Gasteiger partial charge in [-0.2, -0.15) is 0 Å². The molecule has 2 aromatic carbocycles. The Morgan fingerprint density at radius 1 is 1.16 bits per heavy atom. The molecule has 1 saturated heterocycles. The van der Waals surface area contributed by atoms with Crippen LogP contribution in [-0.4, -0.2) is 41.1 Å². The number of thiocarbonyl (C=S) groups is 1. The molecule has 0 radical (unpaired) electrons. The van der Waals surface area contributed by atoms with Crippen molar-refractivity contribution in [1.82, 2.24) is 9.80 Å². The molecule has 1 aliphatic rings. The van der Waals surface area contributed by atoms with Crippen molar-refractivity contribution in [2.75, 3.05) is 31.5 Å². The topological polar surface area (TPSA) is 18.5 Å². The Morgan fingerprint density at radius 3 is 2.56 bits per heavy atom. The lowest BCUT2D eigenvalue weighted by Gasteiger charge is -2.36. The van der Waals surface area contributed by atoms with Crippen LogP contribution in [0.4, 0.5) is 10.1 Å². The predicted molar refractivity (Wildman–Crippen MR) is 106 cm³/mol. The van der Waals surface area contributed by atoms with Gasteiger partial charge < -0.3 is 10.2 Å². The first-order valence-corrected chi connectivity index (χ1v) is 9.09. The van der Waals surface area contributed by atoms with Gasteiger partial charge in [0.1, 0.15) is 5.82 Å². The van der Waals surface area contributed by atoms with Gasteiger partial charge >= 0.3 is 0 Å². The number of rotatable bonds is 3. The molecule has 3 rings (SSSR count). The monoisotopic (exact) mass is 377 g/mol. The fourth-order valence-electron chi connectivity index (χ4n) is 2.91. The molecule has 0 bridgehead atoms. The summed E-state index contributed by atoms with van der Waals surface area (Å²) in [7, 11) is 0. The molecule has 2 aromatic rings. The van der Waals surface area contributed by atoms with E-state index in [0.717, 1.165) is 49.1 Å². The van der Waals surface area contributed by atoms with Gasteiger partial charge in [-0.15, -0.1) is 0 Å². The third-order valence-electron chi connectivity index (χ3n) is 4.44. The predicted octanol–water partition coefficient (Wildman–Crippen LogP) is 4.30. The van der Waals surface area contributed by atoms with Crippen molar-refractivity contribution in [2.45, 2.75) is 13.5 Å². The molecule has 1 heterocycles. The quantitative estimate of drug-likeness (QED) is 0.803. The van der Waals surface area contributed by atoms with Crippen molar-refractivity contribution in [3.63, 3.8) is 0 Å². The van der Waals surface area contributed by atoms with Crippen LogP contribution in [0, 0.1) is 12.7 Å². The summed E-state index contributed by atoms with van der Waals surface area (Å²) < 4.78 is 13.3. The van der Waals surface area contributed by atoms with Gasteiger partial charge in [-0.25, -0.2) is 4.39 Å². The third kappa shape index (κ3) is 4.69. The van der Waals surface area contributed by atoms with Crippen LogP contribution < -0.4 is 5.32 Å². The standard InChI is InChI=1S/C19H21ClFN3S/c1-14-4-2-3-5-18(14)22-19(25)24-10-8-23(9-11-24)13-15-6-7-17(21)16(20)12-15/h2-7,12H,8-11,13H2,1H3,(H,22,25). The number of nitrogens with zero attached hydrogens (tertiary/aromatic N) is 2. The number of halogens is 2. The molecule has 0 aromatic heterocycles. The van der Waals surface area contributed by atoms with Gasteiger partial charge in [0.25, 0.3) is 0 Å². The molecule has 25 heavy (non-hydrogen) atoms. The van der Waals surface area contributed by atoms with E-state index in [9.17, 15) is 4.39 Å². The van der Waals surface area contributed by atoms with E-state index in [1.807, 2.05) is 18.2 Å². The van der Waals surface area contributed by atoms with Gasteiger partial charge in [-0.3, -0.25) is 4.90 Å². The molecular weight excluding hydrogens is 357 g/mol.